The summed E-state index contributed by atoms with van der Waals surface area (Å²) in [7, 11) is 0. The van der Waals surface area contributed by atoms with Crippen LogP contribution in [0, 0.1) is 0 Å². The summed E-state index contributed by atoms with van der Waals surface area (Å²) in [6.07, 6.45) is 0. The van der Waals surface area contributed by atoms with Gasteiger partial charge >= 0.3 is 0 Å². The molecule has 0 aromatic heterocycles. The Morgan fingerprint density at radius 1 is 0.826 bits per heavy atom. The highest BCUT2D eigenvalue weighted by Crippen LogP contribution is 2.24. The molecule has 0 saturated carbocycles. The van der Waals surface area contributed by atoms with Gasteiger partial charge in [-0.3, -0.25) is 0 Å². The van der Waals surface area contributed by atoms with E-state index in [0.717, 1.165) is 36.9 Å². The molecule has 0 bridgehead atoms. The lowest BCUT2D eigenvalue weighted by molar-refractivity contribution is 0.222. The summed E-state index contributed by atoms with van der Waals surface area (Å²) in [6.45, 7) is 8.05. The third-order valence-electron chi connectivity index (χ3n) is 3.44. The number of ether oxygens (including phenoxy) is 2. The molecule has 0 atom stereocenters. The normalized spacial score (nSPS) is 10.3. The molecule has 0 saturated heterocycles. The summed E-state index contributed by atoms with van der Waals surface area (Å²) in [4.78, 5) is 2.33. The Labute approximate surface area is 149 Å². The molecule has 0 unspecified atom stereocenters. The summed E-state index contributed by atoms with van der Waals surface area (Å²) in [5, 5.41) is 0.698. The molecule has 0 aliphatic carbocycles. The highest BCUT2D eigenvalue weighted by Gasteiger charge is 2.01. The molecule has 0 N–H and O–H groups in total. The van der Waals surface area contributed by atoms with Crippen LogP contribution in [-0.4, -0.2) is 31.1 Å². The van der Waals surface area contributed by atoms with Crippen LogP contribution in [0.3, 0.4) is 0 Å². The first kappa shape index (κ1) is 19.6. The lowest BCUT2D eigenvalue weighted by Crippen LogP contribution is -2.27. The van der Waals surface area contributed by atoms with E-state index in [1.807, 2.05) is 48.5 Å². The topological polar surface area (TPSA) is 21.7 Å². The number of nitrogens with zero attached hydrogens (tertiary/aromatic N) is 1. The third-order valence-corrected chi connectivity index (χ3v) is 3.70. The van der Waals surface area contributed by atoms with E-state index in [9.17, 15) is 0 Å². The van der Waals surface area contributed by atoms with E-state index >= 15 is 0 Å². The number of hydrogen-bond donors (Lipinski definition) is 0. The summed E-state index contributed by atoms with van der Waals surface area (Å²) in [6, 6.07) is 15.0. The fourth-order valence-corrected chi connectivity index (χ4v) is 2.20. The maximum atomic E-state index is 5.85. The van der Waals surface area contributed by atoms with Gasteiger partial charge in [0.2, 0.25) is 0 Å². The standard InChI is InChI=1S/C18H22ClNO2.ClH/c1-3-20(4-2)13-14-21-16-9-11-18(12-10-16)22-17-7-5-15(19)6-8-17;/h5-12H,3-4,13-14H2,1-2H3;1H. The average Bonchev–Trinajstić information content (AvgIpc) is 2.55. The second kappa shape index (κ2) is 10.4. The Kier molecular flexibility index (Phi) is 8.85. The summed E-state index contributed by atoms with van der Waals surface area (Å²) >= 11 is 5.85. The second-order valence-corrected chi connectivity index (χ2v) is 5.34. The van der Waals surface area contributed by atoms with Crippen LogP contribution in [0.25, 0.3) is 0 Å². The monoisotopic (exact) mass is 355 g/mol. The van der Waals surface area contributed by atoms with Gasteiger partial charge in [-0.15, -0.1) is 12.4 Å². The van der Waals surface area contributed by atoms with Crippen LogP contribution in [0.1, 0.15) is 13.8 Å². The van der Waals surface area contributed by atoms with Crippen LogP contribution < -0.4 is 9.47 Å². The fourth-order valence-electron chi connectivity index (χ4n) is 2.08. The second-order valence-electron chi connectivity index (χ2n) is 4.90. The van der Waals surface area contributed by atoms with Gasteiger partial charge in [0.05, 0.1) is 0 Å². The number of benzene rings is 2. The Bertz CT molecular complexity index is 554. The summed E-state index contributed by atoms with van der Waals surface area (Å²) in [5.74, 6) is 2.40. The Balaban J connectivity index is 0.00000264. The number of halogens is 2. The van der Waals surface area contributed by atoms with Gasteiger partial charge in [-0.2, -0.15) is 0 Å². The number of hydrogen-bond acceptors (Lipinski definition) is 3. The van der Waals surface area contributed by atoms with E-state index in [2.05, 4.69) is 18.7 Å². The van der Waals surface area contributed by atoms with Gasteiger partial charge in [0.25, 0.3) is 0 Å². The molecule has 2 aromatic carbocycles. The molecular formula is C18H23Cl2NO2. The van der Waals surface area contributed by atoms with Crippen molar-refractivity contribution in [2.75, 3.05) is 26.2 Å². The molecule has 0 heterocycles. The molecule has 0 amide bonds. The summed E-state index contributed by atoms with van der Waals surface area (Å²) < 4.78 is 11.5. The first-order chi connectivity index (χ1) is 10.7. The van der Waals surface area contributed by atoms with Crippen LogP contribution in [0.5, 0.6) is 17.2 Å². The molecule has 2 rings (SSSR count). The van der Waals surface area contributed by atoms with Crippen molar-refractivity contribution >= 4 is 24.0 Å². The van der Waals surface area contributed by atoms with Crippen LogP contribution in [0.15, 0.2) is 48.5 Å². The molecule has 0 aliphatic heterocycles. The number of likely N-dealkylation sites (N-methyl/N-ethyl adjacent to an activating group) is 1. The first-order valence-corrected chi connectivity index (χ1v) is 7.97. The predicted molar refractivity (Wildman–Crippen MR) is 98.5 cm³/mol. The smallest absolute Gasteiger partial charge is 0.127 e. The predicted octanol–water partition coefficient (Wildman–Crippen LogP) is 5.27. The van der Waals surface area contributed by atoms with Crippen LogP contribution in [-0.2, 0) is 0 Å². The van der Waals surface area contributed by atoms with Gasteiger partial charge in [-0.25, -0.2) is 0 Å². The van der Waals surface area contributed by atoms with E-state index < -0.39 is 0 Å². The van der Waals surface area contributed by atoms with Crippen molar-refractivity contribution in [3.63, 3.8) is 0 Å². The Morgan fingerprint density at radius 3 is 1.83 bits per heavy atom. The largest absolute Gasteiger partial charge is 0.492 e. The molecule has 0 fully saturated rings. The highest BCUT2D eigenvalue weighted by atomic mass is 35.5. The molecule has 3 nitrogen and oxygen atoms in total. The fraction of sp³-hybridized carbons (Fsp3) is 0.333. The van der Waals surface area contributed by atoms with Crippen molar-refractivity contribution < 1.29 is 9.47 Å². The van der Waals surface area contributed by atoms with Gasteiger partial charge in [-0.05, 0) is 61.6 Å². The van der Waals surface area contributed by atoms with Crippen LogP contribution in [0.2, 0.25) is 5.02 Å². The lowest BCUT2D eigenvalue weighted by Gasteiger charge is -2.18. The minimum absolute atomic E-state index is 0. The Hall–Kier alpha value is -1.42. The highest BCUT2D eigenvalue weighted by molar-refractivity contribution is 6.30. The zero-order valence-corrected chi connectivity index (χ0v) is 15.1. The van der Waals surface area contributed by atoms with Crippen molar-refractivity contribution in [2.45, 2.75) is 13.8 Å². The Morgan fingerprint density at radius 2 is 1.30 bits per heavy atom. The average molecular weight is 356 g/mol. The zero-order valence-electron chi connectivity index (χ0n) is 13.5. The van der Waals surface area contributed by atoms with E-state index in [-0.39, 0.29) is 12.4 Å². The maximum Gasteiger partial charge on any atom is 0.127 e. The van der Waals surface area contributed by atoms with Crippen LogP contribution >= 0.6 is 24.0 Å². The minimum Gasteiger partial charge on any atom is -0.492 e. The van der Waals surface area contributed by atoms with Gasteiger partial charge in [0.1, 0.15) is 23.9 Å². The van der Waals surface area contributed by atoms with Crippen molar-refractivity contribution in [1.82, 2.24) is 4.90 Å². The minimum atomic E-state index is 0. The molecule has 23 heavy (non-hydrogen) atoms. The molecule has 2 aromatic rings. The van der Waals surface area contributed by atoms with E-state index in [1.165, 1.54) is 0 Å². The van der Waals surface area contributed by atoms with E-state index in [1.54, 1.807) is 0 Å². The molecule has 0 spiro atoms. The van der Waals surface area contributed by atoms with Crippen molar-refractivity contribution in [2.24, 2.45) is 0 Å². The molecule has 0 radical (unpaired) electrons. The maximum absolute atomic E-state index is 5.85. The quantitative estimate of drug-likeness (QED) is 0.643. The van der Waals surface area contributed by atoms with Crippen LogP contribution in [0.4, 0.5) is 0 Å². The third kappa shape index (κ3) is 6.69. The first-order valence-electron chi connectivity index (χ1n) is 7.60. The van der Waals surface area contributed by atoms with Gasteiger partial charge < -0.3 is 14.4 Å². The van der Waals surface area contributed by atoms with Gasteiger partial charge in [0, 0.05) is 11.6 Å². The SMILES string of the molecule is CCN(CC)CCOc1ccc(Oc2ccc(Cl)cc2)cc1.Cl. The van der Waals surface area contributed by atoms with Crippen molar-refractivity contribution in [1.29, 1.82) is 0 Å². The molecule has 0 aliphatic rings. The molecular weight excluding hydrogens is 333 g/mol. The zero-order chi connectivity index (χ0) is 15.8. The lowest BCUT2D eigenvalue weighted by atomic mass is 10.3. The molecule has 126 valence electrons. The van der Waals surface area contributed by atoms with E-state index in [4.69, 9.17) is 21.1 Å². The molecule has 5 heteroatoms. The summed E-state index contributed by atoms with van der Waals surface area (Å²) in [5.41, 5.74) is 0. The van der Waals surface area contributed by atoms with Gasteiger partial charge in [0.15, 0.2) is 0 Å². The van der Waals surface area contributed by atoms with Crippen molar-refractivity contribution in [3.8, 4) is 17.2 Å². The van der Waals surface area contributed by atoms with Crippen molar-refractivity contribution in [3.05, 3.63) is 53.6 Å². The number of rotatable bonds is 8. The van der Waals surface area contributed by atoms with Gasteiger partial charge in [-0.1, -0.05) is 25.4 Å². The van der Waals surface area contributed by atoms with E-state index in [0.29, 0.717) is 11.6 Å².